The fourth-order valence-electron chi connectivity index (χ4n) is 2.22. The zero-order valence-electron chi connectivity index (χ0n) is 12.3. The summed E-state index contributed by atoms with van der Waals surface area (Å²) in [5, 5.41) is 1.26. The van der Waals surface area contributed by atoms with Gasteiger partial charge in [-0.05, 0) is 43.3 Å². The summed E-state index contributed by atoms with van der Waals surface area (Å²) in [4.78, 5) is 19.1. The Hall–Kier alpha value is -1.66. The number of aliphatic imine (C=N–C) groups is 1. The van der Waals surface area contributed by atoms with Crippen molar-refractivity contribution >= 4 is 40.5 Å². The lowest BCUT2D eigenvalue weighted by molar-refractivity contribution is -0.122. The van der Waals surface area contributed by atoms with Gasteiger partial charge >= 0.3 is 0 Å². The molecule has 0 spiro atoms. The first-order valence-corrected chi connectivity index (χ1v) is 8.18. The van der Waals surface area contributed by atoms with E-state index < -0.39 is 0 Å². The highest BCUT2D eigenvalue weighted by atomic mass is 35.5. The Morgan fingerprint density at radius 2 is 2.09 bits per heavy atom. The number of thioether (sulfide) groups is 1. The van der Waals surface area contributed by atoms with Crippen molar-refractivity contribution in [2.75, 3.05) is 19.9 Å². The number of nitrogens with zero attached hydrogens (tertiary/aromatic N) is 2. The van der Waals surface area contributed by atoms with Gasteiger partial charge in [-0.2, -0.15) is 0 Å². The van der Waals surface area contributed by atoms with Crippen LogP contribution in [0.15, 0.2) is 22.0 Å². The Morgan fingerprint density at radius 3 is 2.77 bits per heavy atom. The van der Waals surface area contributed by atoms with Crippen LogP contribution in [-0.2, 0) is 4.79 Å². The smallest absolute Gasteiger partial charge is 0.266 e. The molecular weight excluding hydrogens is 324 g/mol. The summed E-state index contributed by atoms with van der Waals surface area (Å²) in [7, 11) is 0. The molecule has 0 radical (unpaired) electrons. The second kappa shape index (κ2) is 6.22. The van der Waals surface area contributed by atoms with Gasteiger partial charge in [0.2, 0.25) is 6.79 Å². The lowest BCUT2D eigenvalue weighted by Gasteiger charge is -2.11. The average Bonchev–Trinajstić information content (AvgIpc) is 3.05. The minimum absolute atomic E-state index is 0.0477. The zero-order valence-corrected chi connectivity index (χ0v) is 13.8. The minimum Gasteiger partial charge on any atom is -0.454 e. The molecule has 0 aromatic heterocycles. The number of ether oxygens (including phenoxy) is 2. The van der Waals surface area contributed by atoms with Crippen LogP contribution in [0.25, 0.3) is 6.08 Å². The van der Waals surface area contributed by atoms with Gasteiger partial charge in [0.1, 0.15) is 0 Å². The SMILES string of the molecule is CCN=C1SC(=Cc2cc3c(cc2Cl)OCO3)C(=O)N1CC. The summed E-state index contributed by atoms with van der Waals surface area (Å²) in [6.07, 6.45) is 1.78. The Bertz CT molecular complexity index is 688. The lowest BCUT2D eigenvalue weighted by Crippen LogP contribution is -2.28. The zero-order chi connectivity index (χ0) is 15.7. The molecule has 1 aromatic rings. The molecule has 0 bridgehead atoms. The van der Waals surface area contributed by atoms with Crippen molar-refractivity contribution in [3.05, 3.63) is 27.6 Å². The van der Waals surface area contributed by atoms with Crippen molar-refractivity contribution in [2.45, 2.75) is 13.8 Å². The third kappa shape index (κ3) is 2.68. The van der Waals surface area contributed by atoms with E-state index in [4.69, 9.17) is 21.1 Å². The van der Waals surface area contributed by atoms with E-state index in [1.165, 1.54) is 11.8 Å². The lowest BCUT2D eigenvalue weighted by atomic mass is 10.2. The Labute approximate surface area is 137 Å². The molecule has 2 aliphatic rings. The Kier molecular flexibility index (Phi) is 4.31. The predicted molar refractivity (Wildman–Crippen MR) is 88.5 cm³/mol. The van der Waals surface area contributed by atoms with Crippen molar-refractivity contribution in [1.29, 1.82) is 0 Å². The van der Waals surface area contributed by atoms with Gasteiger partial charge in [0.15, 0.2) is 16.7 Å². The number of likely N-dealkylation sites (N-methyl/N-ethyl adjacent to an activating group) is 1. The van der Waals surface area contributed by atoms with Gasteiger partial charge < -0.3 is 9.47 Å². The number of halogens is 1. The minimum atomic E-state index is -0.0477. The van der Waals surface area contributed by atoms with Crippen molar-refractivity contribution in [3.63, 3.8) is 0 Å². The molecule has 5 nitrogen and oxygen atoms in total. The second-order valence-corrected chi connectivity index (χ2v) is 6.06. The van der Waals surface area contributed by atoms with E-state index in [0.29, 0.717) is 34.5 Å². The third-order valence-corrected chi connectivity index (χ3v) is 4.65. The fraction of sp³-hybridized carbons (Fsp3) is 0.333. The van der Waals surface area contributed by atoms with E-state index in [9.17, 15) is 4.79 Å². The van der Waals surface area contributed by atoms with E-state index in [-0.39, 0.29) is 12.7 Å². The summed E-state index contributed by atoms with van der Waals surface area (Å²) >= 11 is 7.63. The first-order chi connectivity index (χ1) is 10.6. The quantitative estimate of drug-likeness (QED) is 0.793. The highest BCUT2D eigenvalue weighted by Gasteiger charge is 2.32. The van der Waals surface area contributed by atoms with Crippen molar-refractivity contribution in [1.82, 2.24) is 4.90 Å². The second-order valence-electron chi connectivity index (χ2n) is 4.64. The number of amidine groups is 1. The van der Waals surface area contributed by atoms with E-state index in [1.54, 1.807) is 23.1 Å². The normalized spacial score (nSPS) is 20.5. The molecule has 0 atom stereocenters. The van der Waals surface area contributed by atoms with Gasteiger partial charge in [-0.1, -0.05) is 11.6 Å². The van der Waals surface area contributed by atoms with E-state index >= 15 is 0 Å². The monoisotopic (exact) mass is 338 g/mol. The van der Waals surface area contributed by atoms with Crippen LogP contribution in [0.1, 0.15) is 19.4 Å². The van der Waals surface area contributed by atoms with Crippen molar-refractivity contribution in [3.8, 4) is 11.5 Å². The number of amides is 1. The number of hydrogen-bond acceptors (Lipinski definition) is 5. The molecule has 0 saturated carbocycles. The van der Waals surface area contributed by atoms with Gasteiger partial charge in [-0.3, -0.25) is 14.7 Å². The molecule has 116 valence electrons. The van der Waals surface area contributed by atoms with E-state index in [1.807, 2.05) is 13.8 Å². The summed E-state index contributed by atoms with van der Waals surface area (Å²) in [5.41, 5.74) is 0.732. The molecule has 0 N–H and O–H groups in total. The van der Waals surface area contributed by atoms with E-state index in [2.05, 4.69) is 4.99 Å². The molecule has 1 amide bonds. The molecule has 2 aliphatic heterocycles. The molecule has 22 heavy (non-hydrogen) atoms. The van der Waals surface area contributed by atoms with Crippen LogP contribution < -0.4 is 9.47 Å². The van der Waals surface area contributed by atoms with Crippen LogP contribution in [0.4, 0.5) is 0 Å². The number of rotatable bonds is 3. The van der Waals surface area contributed by atoms with Crippen molar-refractivity contribution in [2.24, 2.45) is 4.99 Å². The Morgan fingerprint density at radius 1 is 1.36 bits per heavy atom. The molecule has 1 fully saturated rings. The fourth-order valence-corrected chi connectivity index (χ4v) is 3.53. The van der Waals surface area contributed by atoms with Crippen LogP contribution >= 0.6 is 23.4 Å². The standard InChI is InChI=1S/C15H15ClN2O3S/c1-3-17-15-18(4-2)14(19)13(22-15)6-9-5-11-12(7-10(9)16)21-8-20-11/h5-7H,3-4,8H2,1-2H3. The van der Waals surface area contributed by atoms with Gasteiger partial charge in [0.25, 0.3) is 5.91 Å². The topological polar surface area (TPSA) is 51.1 Å². The molecule has 2 heterocycles. The number of hydrogen-bond donors (Lipinski definition) is 0. The van der Waals surface area contributed by atoms with Gasteiger partial charge in [-0.15, -0.1) is 0 Å². The first kappa shape index (κ1) is 15.2. The van der Waals surface area contributed by atoms with Crippen LogP contribution in [0, 0.1) is 0 Å². The summed E-state index contributed by atoms with van der Waals surface area (Å²) in [6.45, 7) is 5.31. The summed E-state index contributed by atoms with van der Waals surface area (Å²) in [5.74, 6) is 1.22. The van der Waals surface area contributed by atoms with Gasteiger partial charge in [-0.25, -0.2) is 0 Å². The average molecular weight is 339 g/mol. The molecule has 3 rings (SSSR count). The third-order valence-electron chi connectivity index (χ3n) is 3.28. The van der Waals surface area contributed by atoms with E-state index in [0.717, 1.165) is 10.7 Å². The van der Waals surface area contributed by atoms with Crippen LogP contribution in [0.3, 0.4) is 0 Å². The first-order valence-electron chi connectivity index (χ1n) is 6.99. The Balaban J connectivity index is 1.96. The highest BCUT2D eigenvalue weighted by molar-refractivity contribution is 8.18. The van der Waals surface area contributed by atoms with Gasteiger partial charge in [0.05, 0.1) is 9.93 Å². The number of carbonyl (C=O) groups excluding carboxylic acids is 1. The number of fused-ring (bicyclic) bond motifs is 1. The highest BCUT2D eigenvalue weighted by Crippen LogP contribution is 2.39. The molecule has 1 aromatic carbocycles. The molecule has 0 unspecified atom stereocenters. The number of benzene rings is 1. The maximum atomic E-state index is 12.4. The van der Waals surface area contributed by atoms with Crippen molar-refractivity contribution < 1.29 is 14.3 Å². The maximum Gasteiger partial charge on any atom is 0.266 e. The predicted octanol–water partition coefficient (Wildman–Crippen LogP) is 3.38. The van der Waals surface area contributed by atoms with Crippen LogP contribution in [0.5, 0.6) is 11.5 Å². The molecule has 1 saturated heterocycles. The van der Waals surface area contributed by atoms with Crippen LogP contribution in [-0.4, -0.2) is 35.9 Å². The largest absolute Gasteiger partial charge is 0.454 e. The number of carbonyl (C=O) groups is 1. The molecular formula is C15H15ClN2O3S. The summed E-state index contributed by atoms with van der Waals surface area (Å²) < 4.78 is 10.6. The van der Waals surface area contributed by atoms with Crippen LogP contribution in [0.2, 0.25) is 5.02 Å². The molecule has 7 heteroatoms. The maximum absolute atomic E-state index is 12.4. The summed E-state index contributed by atoms with van der Waals surface area (Å²) in [6, 6.07) is 3.50. The molecule has 0 aliphatic carbocycles. The van der Waals surface area contributed by atoms with Gasteiger partial charge in [0, 0.05) is 19.2 Å².